The Bertz CT molecular complexity index is 1400. The average molecular weight is 583 g/mol. The van der Waals surface area contributed by atoms with Crippen LogP contribution in [-0.2, 0) is 18.4 Å². The summed E-state index contributed by atoms with van der Waals surface area (Å²) in [5, 5.41) is 14.5. The third kappa shape index (κ3) is 5.63. The zero-order valence-electron chi connectivity index (χ0n) is 21.7. The molecule has 38 heavy (non-hydrogen) atoms. The topological polar surface area (TPSA) is 74.6 Å². The molecule has 200 valence electrons. The molecule has 0 bridgehead atoms. The van der Waals surface area contributed by atoms with Crippen LogP contribution in [0.5, 0.6) is 0 Å². The molecule has 1 saturated carbocycles. The van der Waals surface area contributed by atoms with E-state index >= 15 is 0 Å². The van der Waals surface area contributed by atoms with E-state index in [1.807, 2.05) is 30.0 Å². The van der Waals surface area contributed by atoms with Gasteiger partial charge in [-0.25, -0.2) is 4.39 Å². The number of carbonyl (C=O) groups is 1. The number of halogens is 2. The highest BCUT2D eigenvalue weighted by Gasteiger charge is 2.40. The van der Waals surface area contributed by atoms with Gasteiger partial charge in [-0.1, -0.05) is 34.1 Å². The summed E-state index contributed by atoms with van der Waals surface area (Å²) in [5.74, 6) is -0.585. The number of nitrogens with one attached hydrogen (secondary N) is 1. The average Bonchev–Trinajstić information content (AvgIpc) is 3.75. The first-order valence-electron chi connectivity index (χ1n) is 13.1. The molecule has 8 heteroatoms. The van der Waals surface area contributed by atoms with Crippen molar-refractivity contribution in [1.82, 2.24) is 14.8 Å². The lowest BCUT2D eigenvalue weighted by molar-refractivity contribution is -0.138. The number of benzene rings is 2. The summed E-state index contributed by atoms with van der Waals surface area (Å²) >= 11 is 3.63. The number of hydrogen-bond donors (Lipinski definition) is 2. The molecular weight excluding hydrogens is 549 g/mol. The predicted molar refractivity (Wildman–Crippen MR) is 148 cm³/mol. The van der Waals surface area contributed by atoms with Gasteiger partial charge in [-0.05, 0) is 90.7 Å². The number of aliphatic hydroxyl groups excluding tert-OH is 1. The summed E-state index contributed by atoms with van der Waals surface area (Å²) in [7, 11) is 1.73. The third-order valence-corrected chi connectivity index (χ3v) is 8.71. The SMILES string of the molecule is Cc1c(Br)cc(CN(C(=O)[C@H]2CNCC[C@@H]2c2ccn(C)c(=O)c2)C2CC2)cc1C(O)c1cccc(F)c1. The van der Waals surface area contributed by atoms with Crippen LogP contribution in [0.3, 0.4) is 0 Å². The zero-order valence-corrected chi connectivity index (χ0v) is 23.2. The van der Waals surface area contributed by atoms with Crippen LogP contribution in [0.25, 0.3) is 0 Å². The number of aryl methyl sites for hydroxylation is 1. The molecule has 1 saturated heterocycles. The van der Waals surface area contributed by atoms with Crippen LogP contribution in [0.4, 0.5) is 4.39 Å². The van der Waals surface area contributed by atoms with Gasteiger partial charge in [0.05, 0.1) is 5.92 Å². The summed E-state index contributed by atoms with van der Waals surface area (Å²) in [5.41, 5.74) is 3.79. The lowest BCUT2D eigenvalue weighted by atomic mass is 9.80. The lowest BCUT2D eigenvalue weighted by Gasteiger charge is -2.36. The fourth-order valence-electron chi connectivity index (χ4n) is 5.48. The summed E-state index contributed by atoms with van der Waals surface area (Å²) in [6, 6.07) is 13.7. The molecule has 0 radical (unpaired) electrons. The maximum atomic E-state index is 14.0. The van der Waals surface area contributed by atoms with Crippen LogP contribution in [-0.4, -0.2) is 39.6 Å². The molecule has 1 amide bonds. The Hall–Kier alpha value is -2.81. The van der Waals surface area contributed by atoms with Gasteiger partial charge in [0.25, 0.3) is 5.56 Å². The van der Waals surface area contributed by atoms with E-state index in [0.717, 1.165) is 47.0 Å². The smallest absolute Gasteiger partial charge is 0.250 e. The Labute approximate surface area is 230 Å². The molecule has 1 unspecified atom stereocenters. The standard InChI is InChI=1S/C30H33BrFN3O3/c1-18-25(29(37)21-4-3-5-22(32)14-21)12-19(13-27(18)31)17-35(23-6-7-23)30(38)26-16-33-10-8-24(26)20-9-11-34(2)28(36)15-20/h3-5,9,11-15,23-24,26,29,33,37H,6-8,10,16-17H2,1-2H3/t24-,26+,29?/m1/s1. The van der Waals surface area contributed by atoms with Gasteiger partial charge in [0.2, 0.25) is 5.91 Å². The first-order chi connectivity index (χ1) is 18.2. The molecule has 1 aliphatic carbocycles. The van der Waals surface area contributed by atoms with E-state index in [1.165, 1.54) is 12.1 Å². The summed E-state index contributed by atoms with van der Waals surface area (Å²) < 4.78 is 16.2. The quantitative estimate of drug-likeness (QED) is 0.429. The number of nitrogens with zero attached hydrogens (tertiary/aromatic N) is 2. The van der Waals surface area contributed by atoms with Crippen molar-refractivity contribution in [3.63, 3.8) is 0 Å². The minimum absolute atomic E-state index is 0.0194. The van der Waals surface area contributed by atoms with E-state index in [-0.39, 0.29) is 29.3 Å². The van der Waals surface area contributed by atoms with Crippen LogP contribution < -0.4 is 10.9 Å². The van der Waals surface area contributed by atoms with E-state index in [4.69, 9.17) is 0 Å². The second-order valence-electron chi connectivity index (χ2n) is 10.6. The van der Waals surface area contributed by atoms with E-state index in [0.29, 0.717) is 24.2 Å². The van der Waals surface area contributed by atoms with Crippen LogP contribution in [0, 0.1) is 18.7 Å². The highest BCUT2D eigenvalue weighted by atomic mass is 79.9. The molecule has 3 aromatic rings. The van der Waals surface area contributed by atoms with Crippen molar-refractivity contribution in [2.45, 2.75) is 50.8 Å². The molecule has 1 aliphatic heterocycles. The molecule has 2 N–H and O–H groups in total. The van der Waals surface area contributed by atoms with Crippen molar-refractivity contribution in [2.24, 2.45) is 13.0 Å². The Morgan fingerprint density at radius 1 is 1.21 bits per heavy atom. The normalized spacial score (nSPS) is 20.2. The molecule has 2 fully saturated rings. The summed E-state index contributed by atoms with van der Waals surface area (Å²) in [4.78, 5) is 28.3. The van der Waals surface area contributed by atoms with Gasteiger partial charge in [0, 0.05) is 42.9 Å². The van der Waals surface area contributed by atoms with Gasteiger partial charge in [-0.15, -0.1) is 0 Å². The second kappa shape index (κ2) is 11.1. The number of aromatic nitrogens is 1. The van der Waals surface area contributed by atoms with E-state index in [2.05, 4.69) is 21.2 Å². The number of hydrogen-bond acceptors (Lipinski definition) is 4. The number of aliphatic hydroxyl groups is 1. The lowest BCUT2D eigenvalue weighted by Crippen LogP contribution is -2.47. The number of carbonyl (C=O) groups excluding carboxylic acids is 1. The summed E-state index contributed by atoms with van der Waals surface area (Å²) in [6.45, 7) is 3.71. The van der Waals surface area contributed by atoms with E-state index in [9.17, 15) is 19.1 Å². The van der Waals surface area contributed by atoms with Crippen molar-refractivity contribution in [3.8, 4) is 0 Å². The minimum atomic E-state index is -0.986. The number of rotatable bonds is 7. The maximum absolute atomic E-state index is 14.0. The molecule has 6 nitrogen and oxygen atoms in total. The molecule has 0 spiro atoms. The highest BCUT2D eigenvalue weighted by molar-refractivity contribution is 9.10. The molecule has 5 rings (SSSR count). The van der Waals surface area contributed by atoms with Gasteiger partial charge in [-0.3, -0.25) is 9.59 Å². The number of pyridine rings is 1. The van der Waals surface area contributed by atoms with Crippen LogP contribution in [0.2, 0.25) is 0 Å². The Balaban J connectivity index is 1.43. The van der Waals surface area contributed by atoms with Gasteiger partial charge in [0.15, 0.2) is 0 Å². The number of piperidine rings is 1. The maximum Gasteiger partial charge on any atom is 0.250 e. The molecular formula is C30H33BrFN3O3. The van der Waals surface area contributed by atoms with Gasteiger partial charge < -0.3 is 19.9 Å². The fraction of sp³-hybridized carbons (Fsp3) is 0.400. The molecule has 3 atom stereocenters. The highest BCUT2D eigenvalue weighted by Crippen LogP contribution is 2.37. The van der Waals surface area contributed by atoms with Gasteiger partial charge in [-0.2, -0.15) is 0 Å². The van der Waals surface area contributed by atoms with Gasteiger partial charge >= 0.3 is 0 Å². The Morgan fingerprint density at radius 3 is 2.71 bits per heavy atom. The first kappa shape index (κ1) is 26.8. The van der Waals surface area contributed by atoms with Crippen molar-refractivity contribution >= 4 is 21.8 Å². The first-order valence-corrected chi connectivity index (χ1v) is 13.9. The Kier molecular flexibility index (Phi) is 7.84. The van der Waals surface area contributed by atoms with Crippen LogP contribution >= 0.6 is 15.9 Å². The third-order valence-electron chi connectivity index (χ3n) is 7.88. The summed E-state index contributed by atoms with van der Waals surface area (Å²) in [6.07, 6.45) is 3.51. The molecule has 2 aliphatic rings. The largest absolute Gasteiger partial charge is 0.384 e. The predicted octanol–water partition coefficient (Wildman–Crippen LogP) is 4.56. The number of amides is 1. The molecule has 2 aromatic carbocycles. The monoisotopic (exact) mass is 581 g/mol. The van der Waals surface area contributed by atoms with Crippen molar-refractivity contribution in [1.29, 1.82) is 0 Å². The molecule has 1 aromatic heterocycles. The zero-order chi connectivity index (χ0) is 27.0. The fourth-order valence-corrected chi connectivity index (χ4v) is 6.01. The van der Waals surface area contributed by atoms with E-state index < -0.39 is 11.9 Å². The van der Waals surface area contributed by atoms with Crippen LogP contribution in [0.1, 0.15) is 59.1 Å². The van der Waals surface area contributed by atoms with Crippen molar-refractivity contribution < 1.29 is 14.3 Å². The minimum Gasteiger partial charge on any atom is -0.384 e. The van der Waals surface area contributed by atoms with Crippen molar-refractivity contribution in [3.05, 3.63) is 103 Å². The Morgan fingerprint density at radius 2 is 2.00 bits per heavy atom. The second-order valence-corrected chi connectivity index (χ2v) is 11.4. The van der Waals surface area contributed by atoms with Gasteiger partial charge in [0.1, 0.15) is 11.9 Å². The van der Waals surface area contributed by atoms with E-state index in [1.54, 1.807) is 36.0 Å². The van der Waals surface area contributed by atoms with Crippen LogP contribution in [0.15, 0.2) is 64.0 Å². The van der Waals surface area contributed by atoms with Crippen molar-refractivity contribution in [2.75, 3.05) is 13.1 Å². The molecule has 2 heterocycles.